The number of halogens is 2. The van der Waals surface area contributed by atoms with Crippen molar-refractivity contribution in [1.82, 2.24) is 0 Å². The van der Waals surface area contributed by atoms with E-state index in [1.807, 2.05) is 24.5 Å². The third kappa shape index (κ3) is 3.51. The first kappa shape index (κ1) is 13.1. The number of hydrogen-bond acceptors (Lipinski definition) is 2. The van der Waals surface area contributed by atoms with Gasteiger partial charge in [0.15, 0.2) is 5.78 Å². The van der Waals surface area contributed by atoms with Crippen molar-refractivity contribution in [1.29, 1.82) is 0 Å². The normalized spacial score (nSPS) is 10.3. The first-order valence-electron chi connectivity index (χ1n) is 4.55. The minimum Gasteiger partial charge on any atom is -0.294 e. The molecule has 0 heterocycles. The van der Waals surface area contributed by atoms with Crippen LogP contribution in [0.15, 0.2) is 23.1 Å². The number of benzene rings is 1. The van der Waals surface area contributed by atoms with Crippen LogP contribution >= 0.6 is 39.3 Å². The largest absolute Gasteiger partial charge is 0.294 e. The average molecular weight is 308 g/mol. The molecule has 0 spiro atoms. The second-order valence-electron chi connectivity index (χ2n) is 3.02. The topological polar surface area (TPSA) is 17.1 Å². The highest BCUT2D eigenvalue weighted by Crippen LogP contribution is 2.22. The summed E-state index contributed by atoms with van der Waals surface area (Å²) in [5.41, 5.74) is 1.68. The van der Waals surface area contributed by atoms with Crippen molar-refractivity contribution in [3.8, 4) is 0 Å². The number of carbonyl (C=O) groups is 1. The van der Waals surface area contributed by atoms with E-state index in [2.05, 4.69) is 15.9 Å². The van der Waals surface area contributed by atoms with Crippen LogP contribution in [0.1, 0.15) is 22.3 Å². The molecule has 1 nitrogen and oxygen atoms in total. The number of alkyl halides is 2. The van der Waals surface area contributed by atoms with Crippen LogP contribution in [-0.4, -0.2) is 17.4 Å². The molecule has 0 aliphatic heterocycles. The molecule has 15 heavy (non-hydrogen) atoms. The van der Waals surface area contributed by atoms with Crippen LogP contribution in [0, 0.1) is 0 Å². The van der Waals surface area contributed by atoms with E-state index in [0.717, 1.165) is 16.0 Å². The number of rotatable bonds is 5. The second-order valence-corrected chi connectivity index (χ2v) is 4.96. The van der Waals surface area contributed by atoms with E-state index in [1.165, 1.54) is 0 Å². The van der Waals surface area contributed by atoms with Crippen molar-refractivity contribution < 1.29 is 4.79 Å². The minimum absolute atomic E-state index is 0.148. The van der Waals surface area contributed by atoms with E-state index >= 15 is 0 Å². The van der Waals surface area contributed by atoms with E-state index in [1.54, 1.807) is 11.8 Å². The Balaban J connectivity index is 3.02. The minimum atomic E-state index is 0.148. The van der Waals surface area contributed by atoms with Gasteiger partial charge in [-0.2, -0.15) is 0 Å². The summed E-state index contributed by atoms with van der Waals surface area (Å²) in [6.07, 6.45) is 2.52. The highest BCUT2D eigenvalue weighted by atomic mass is 79.9. The lowest BCUT2D eigenvalue weighted by atomic mass is 10.0. The van der Waals surface area contributed by atoms with E-state index in [0.29, 0.717) is 17.6 Å². The molecule has 0 bridgehead atoms. The van der Waals surface area contributed by atoms with Crippen LogP contribution in [0.4, 0.5) is 0 Å². The molecule has 82 valence electrons. The molecule has 1 aromatic rings. The highest BCUT2D eigenvalue weighted by Gasteiger charge is 2.10. The smallest absolute Gasteiger partial charge is 0.164 e. The number of hydrogen-bond donors (Lipinski definition) is 0. The van der Waals surface area contributed by atoms with E-state index in [9.17, 15) is 4.79 Å². The lowest BCUT2D eigenvalue weighted by Crippen LogP contribution is -2.03. The highest BCUT2D eigenvalue weighted by molar-refractivity contribution is 9.09. The van der Waals surface area contributed by atoms with E-state index < -0.39 is 0 Å². The van der Waals surface area contributed by atoms with Gasteiger partial charge in [0.2, 0.25) is 0 Å². The van der Waals surface area contributed by atoms with Crippen LogP contribution in [0.2, 0.25) is 0 Å². The van der Waals surface area contributed by atoms with Crippen LogP contribution in [-0.2, 0) is 5.88 Å². The number of thioether (sulfide) groups is 1. The van der Waals surface area contributed by atoms with Gasteiger partial charge in [-0.3, -0.25) is 4.79 Å². The Hall–Kier alpha value is 0.01000. The Bertz CT molecular complexity index is 354. The maximum absolute atomic E-state index is 11.7. The van der Waals surface area contributed by atoms with Gasteiger partial charge in [-0.05, 0) is 30.0 Å². The van der Waals surface area contributed by atoms with Crippen LogP contribution in [0.3, 0.4) is 0 Å². The fourth-order valence-corrected chi connectivity index (χ4v) is 2.35. The molecule has 1 aromatic carbocycles. The molecule has 0 unspecified atom stereocenters. The molecule has 0 radical (unpaired) electrons. The molecule has 0 amide bonds. The lowest BCUT2D eigenvalue weighted by Gasteiger charge is -2.07. The van der Waals surface area contributed by atoms with Gasteiger partial charge in [0, 0.05) is 28.1 Å². The number of Topliss-reactive ketones (excluding diaryl/α,β-unsaturated/α-hetero) is 1. The van der Waals surface area contributed by atoms with Gasteiger partial charge < -0.3 is 0 Å². The average Bonchev–Trinajstić information content (AvgIpc) is 2.28. The third-order valence-corrected chi connectivity index (χ3v) is 3.49. The summed E-state index contributed by atoms with van der Waals surface area (Å²) in [6.45, 7) is 0. The van der Waals surface area contributed by atoms with Gasteiger partial charge in [-0.15, -0.1) is 23.4 Å². The molecular weight excluding hydrogens is 296 g/mol. The van der Waals surface area contributed by atoms with Crippen LogP contribution in [0.25, 0.3) is 0 Å². The Morgan fingerprint density at radius 2 is 2.27 bits per heavy atom. The summed E-state index contributed by atoms with van der Waals surface area (Å²) >= 11 is 10.7. The monoisotopic (exact) mass is 306 g/mol. The van der Waals surface area contributed by atoms with Crippen molar-refractivity contribution in [2.75, 3.05) is 11.6 Å². The van der Waals surface area contributed by atoms with E-state index in [-0.39, 0.29) is 5.78 Å². The van der Waals surface area contributed by atoms with Crippen molar-refractivity contribution in [3.63, 3.8) is 0 Å². The first-order valence-corrected chi connectivity index (χ1v) is 7.43. The predicted octanol–water partition coefficient (Wildman–Crippen LogP) is 4.12. The van der Waals surface area contributed by atoms with Crippen molar-refractivity contribution in [2.45, 2.75) is 17.2 Å². The molecule has 0 saturated heterocycles. The zero-order valence-electron chi connectivity index (χ0n) is 8.43. The standard InChI is InChI=1S/C11H12BrClOS/c1-15-9-2-3-10(8(6-9)7-13)11(14)4-5-12/h2-3,6H,4-5,7H2,1H3. The van der Waals surface area contributed by atoms with Gasteiger partial charge in [0.1, 0.15) is 0 Å². The lowest BCUT2D eigenvalue weighted by molar-refractivity contribution is 0.0989. The first-order chi connectivity index (χ1) is 7.22. The quantitative estimate of drug-likeness (QED) is 0.462. The maximum atomic E-state index is 11.7. The summed E-state index contributed by atoms with van der Waals surface area (Å²) < 4.78 is 0. The van der Waals surface area contributed by atoms with Crippen molar-refractivity contribution >= 4 is 45.1 Å². The number of ketones is 1. The van der Waals surface area contributed by atoms with Gasteiger partial charge in [-0.25, -0.2) is 0 Å². The summed E-state index contributed by atoms with van der Waals surface area (Å²) in [7, 11) is 0. The molecule has 0 aromatic heterocycles. The zero-order valence-corrected chi connectivity index (χ0v) is 11.6. The summed E-state index contributed by atoms with van der Waals surface area (Å²) in [6, 6.07) is 5.82. The molecule has 1 rings (SSSR count). The van der Waals surface area contributed by atoms with Crippen molar-refractivity contribution in [3.05, 3.63) is 29.3 Å². The molecule has 0 atom stereocenters. The Morgan fingerprint density at radius 3 is 2.80 bits per heavy atom. The SMILES string of the molecule is CSc1ccc(C(=O)CCBr)c(CCl)c1. The Kier molecular flexibility index (Phi) is 5.72. The fourth-order valence-electron chi connectivity index (χ4n) is 1.30. The Morgan fingerprint density at radius 1 is 1.53 bits per heavy atom. The van der Waals surface area contributed by atoms with Crippen LogP contribution < -0.4 is 0 Å². The molecule has 4 heteroatoms. The van der Waals surface area contributed by atoms with E-state index in [4.69, 9.17) is 11.6 Å². The summed E-state index contributed by atoms with van der Waals surface area (Å²) in [5.74, 6) is 0.535. The zero-order chi connectivity index (χ0) is 11.3. The maximum Gasteiger partial charge on any atom is 0.164 e. The van der Waals surface area contributed by atoms with Crippen molar-refractivity contribution in [2.24, 2.45) is 0 Å². The van der Waals surface area contributed by atoms with Gasteiger partial charge in [-0.1, -0.05) is 15.9 Å². The predicted molar refractivity (Wildman–Crippen MR) is 70.5 cm³/mol. The Labute approximate surface area is 108 Å². The van der Waals surface area contributed by atoms with Gasteiger partial charge in [0.05, 0.1) is 0 Å². The van der Waals surface area contributed by atoms with Gasteiger partial charge >= 0.3 is 0 Å². The molecular formula is C11H12BrClOS. The summed E-state index contributed by atoms with van der Waals surface area (Å²) in [4.78, 5) is 12.9. The molecule has 0 N–H and O–H groups in total. The molecule has 0 aliphatic carbocycles. The number of carbonyl (C=O) groups excluding carboxylic acids is 1. The molecule has 0 saturated carbocycles. The molecule has 0 aliphatic rings. The summed E-state index contributed by atoms with van der Waals surface area (Å²) in [5, 5.41) is 0.692. The fraction of sp³-hybridized carbons (Fsp3) is 0.364. The van der Waals surface area contributed by atoms with Gasteiger partial charge in [0.25, 0.3) is 0 Å². The molecule has 0 fully saturated rings. The third-order valence-electron chi connectivity index (χ3n) is 2.08. The van der Waals surface area contributed by atoms with Crippen LogP contribution in [0.5, 0.6) is 0 Å². The second kappa shape index (κ2) is 6.56.